The summed E-state index contributed by atoms with van der Waals surface area (Å²) in [5.74, 6) is 1.36. The molecule has 1 aromatic rings. The highest BCUT2D eigenvalue weighted by molar-refractivity contribution is 5.79. The second kappa shape index (κ2) is 9.48. The van der Waals surface area contributed by atoms with Gasteiger partial charge in [-0.3, -0.25) is 9.69 Å². The highest BCUT2D eigenvalue weighted by Crippen LogP contribution is 2.21. The van der Waals surface area contributed by atoms with Gasteiger partial charge in [-0.25, -0.2) is 0 Å². The Bertz CT molecular complexity index is 552. The van der Waals surface area contributed by atoms with E-state index in [1.165, 1.54) is 0 Å². The van der Waals surface area contributed by atoms with E-state index in [1.54, 1.807) is 7.11 Å². The third kappa shape index (κ3) is 4.84. The maximum Gasteiger partial charge on any atom is 0.226 e. The summed E-state index contributed by atoms with van der Waals surface area (Å²) in [5, 5.41) is 0. The van der Waals surface area contributed by atoms with Crippen molar-refractivity contribution in [1.82, 2.24) is 9.80 Å². The van der Waals surface area contributed by atoms with Crippen molar-refractivity contribution in [1.29, 1.82) is 0 Å². The summed E-state index contributed by atoms with van der Waals surface area (Å²) >= 11 is 0. The Morgan fingerprint density at radius 2 is 2.08 bits per heavy atom. The van der Waals surface area contributed by atoms with E-state index in [2.05, 4.69) is 37.0 Å². The summed E-state index contributed by atoms with van der Waals surface area (Å²) in [6.07, 6.45) is 6.39. The van der Waals surface area contributed by atoms with Gasteiger partial charge in [-0.2, -0.15) is 0 Å². The fourth-order valence-electron chi connectivity index (χ4n) is 3.35. The molecule has 1 atom stereocenters. The first-order valence-electron chi connectivity index (χ1n) is 9.00. The van der Waals surface area contributed by atoms with Gasteiger partial charge in [0, 0.05) is 31.7 Å². The minimum absolute atomic E-state index is 0.151. The molecule has 0 radical (unpaired) electrons. The minimum atomic E-state index is 0.151. The lowest BCUT2D eigenvalue weighted by molar-refractivity contribution is -0.136. The predicted octanol–water partition coefficient (Wildman–Crippen LogP) is 3.29. The van der Waals surface area contributed by atoms with E-state index in [0.717, 1.165) is 56.9 Å². The van der Waals surface area contributed by atoms with Crippen molar-refractivity contribution in [2.45, 2.75) is 26.7 Å². The molecule has 4 heteroatoms. The van der Waals surface area contributed by atoms with E-state index < -0.39 is 0 Å². The lowest BCUT2D eigenvalue weighted by Crippen LogP contribution is -2.44. The largest absolute Gasteiger partial charge is 0.496 e. The smallest absolute Gasteiger partial charge is 0.226 e. The van der Waals surface area contributed by atoms with Gasteiger partial charge < -0.3 is 9.64 Å². The van der Waals surface area contributed by atoms with Gasteiger partial charge in [0.1, 0.15) is 5.75 Å². The summed E-state index contributed by atoms with van der Waals surface area (Å²) < 4.78 is 5.37. The number of hydrogen-bond acceptors (Lipinski definition) is 3. The molecule has 0 saturated carbocycles. The molecular formula is C20H30N2O2. The molecule has 0 aliphatic carbocycles. The Morgan fingerprint density at radius 1 is 1.33 bits per heavy atom. The molecule has 1 fully saturated rings. The van der Waals surface area contributed by atoms with Gasteiger partial charge in [0.05, 0.1) is 13.0 Å². The number of carbonyl (C=O) groups is 1. The average Bonchev–Trinajstić information content (AvgIpc) is 2.63. The summed E-state index contributed by atoms with van der Waals surface area (Å²) in [7, 11) is 1.70. The summed E-state index contributed by atoms with van der Waals surface area (Å²) in [6.45, 7) is 8.53. The fourth-order valence-corrected chi connectivity index (χ4v) is 3.35. The second-order valence-corrected chi connectivity index (χ2v) is 6.25. The van der Waals surface area contributed by atoms with Gasteiger partial charge in [0.25, 0.3) is 0 Å². The first-order chi connectivity index (χ1) is 11.7. The molecule has 0 spiro atoms. The number of ether oxygens (including phenoxy) is 1. The molecule has 1 saturated heterocycles. The van der Waals surface area contributed by atoms with Crippen LogP contribution in [0, 0.1) is 5.92 Å². The summed E-state index contributed by atoms with van der Waals surface area (Å²) in [5.41, 5.74) is 1.09. The van der Waals surface area contributed by atoms with Crippen molar-refractivity contribution in [3.8, 4) is 5.75 Å². The van der Waals surface area contributed by atoms with Crippen LogP contribution in [0.5, 0.6) is 5.75 Å². The molecule has 24 heavy (non-hydrogen) atoms. The number of likely N-dealkylation sites (tertiary alicyclic amines) is 1. The van der Waals surface area contributed by atoms with E-state index in [0.29, 0.717) is 5.91 Å². The molecule has 0 unspecified atom stereocenters. The van der Waals surface area contributed by atoms with Gasteiger partial charge in [-0.05, 0) is 39.3 Å². The maximum absolute atomic E-state index is 12.5. The molecule has 4 nitrogen and oxygen atoms in total. The number of carbonyl (C=O) groups excluding carboxylic acids is 1. The Hall–Kier alpha value is -1.81. The predicted molar refractivity (Wildman–Crippen MR) is 99.1 cm³/mol. The lowest BCUT2D eigenvalue weighted by atomic mass is 9.96. The molecule has 1 aliphatic heterocycles. The molecule has 0 aromatic heterocycles. The molecule has 1 aromatic carbocycles. The van der Waals surface area contributed by atoms with Crippen LogP contribution in [0.3, 0.4) is 0 Å². The van der Waals surface area contributed by atoms with Crippen LogP contribution >= 0.6 is 0 Å². The fraction of sp³-hybridized carbons (Fsp3) is 0.550. The zero-order chi connectivity index (χ0) is 17.4. The van der Waals surface area contributed by atoms with Gasteiger partial charge >= 0.3 is 0 Å². The van der Waals surface area contributed by atoms with Crippen LogP contribution in [0.1, 0.15) is 32.3 Å². The number of piperidine rings is 1. The second-order valence-electron chi connectivity index (χ2n) is 6.25. The van der Waals surface area contributed by atoms with Gasteiger partial charge in [-0.15, -0.1) is 0 Å². The normalized spacial score (nSPS) is 18.7. The zero-order valence-corrected chi connectivity index (χ0v) is 15.2. The quantitative estimate of drug-likeness (QED) is 0.769. The van der Waals surface area contributed by atoms with Crippen molar-refractivity contribution < 1.29 is 9.53 Å². The molecule has 0 N–H and O–H groups in total. The highest BCUT2D eigenvalue weighted by atomic mass is 16.5. The van der Waals surface area contributed by atoms with E-state index >= 15 is 0 Å². The Labute approximate surface area is 146 Å². The van der Waals surface area contributed by atoms with Crippen LogP contribution in [0.2, 0.25) is 0 Å². The van der Waals surface area contributed by atoms with E-state index in [9.17, 15) is 4.79 Å². The van der Waals surface area contributed by atoms with Crippen molar-refractivity contribution >= 4 is 12.0 Å². The maximum atomic E-state index is 12.5. The number of rotatable bonds is 7. The molecular weight excluding hydrogens is 300 g/mol. The molecule has 1 heterocycles. The number of benzene rings is 1. The first kappa shape index (κ1) is 18.5. The molecule has 1 aliphatic rings. The van der Waals surface area contributed by atoms with Crippen molar-refractivity contribution in [3.05, 3.63) is 35.9 Å². The third-order valence-corrected chi connectivity index (χ3v) is 4.73. The van der Waals surface area contributed by atoms with Gasteiger partial charge in [0.2, 0.25) is 5.91 Å². The van der Waals surface area contributed by atoms with E-state index in [4.69, 9.17) is 4.74 Å². The summed E-state index contributed by atoms with van der Waals surface area (Å²) in [6, 6.07) is 8.02. The topological polar surface area (TPSA) is 32.8 Å². The number of hydrogen-bond donors (Lipinski definition) is 0. The Morgan fingerprint density at radius 3 is 2.79 bits per heavy atom. The van der Waals surface area contributed by atoms with Gasteiger partial charge in [0.15, 0.2) is 0 Å². The molecule has 0 bridgehead atoms. The Balaban J connectivity index is 1.91. The van der Waals surface area contributed by atoms with Crippen LogP contribution in [0.25, 0.3) is 6.08 Å². The minimum Gasteiger partial charge on any atom is -0.496 e. The Kier molecular flexibility index (Phi) is 7.32. The number of para-hydroxylation sites is 1. The standard InChI is InChI=1S/C20H30N2O2/c1-4-22(5-2)20(23)18-12-9-15-21(16-18)14-8-11-17-10-6-7-13-19(17)24-3/h6-8,10-11,13,18H,4-5,9,12,14-16H2,1-3H3/b11-8+/t18-/m1/s1. The first-order valence-corrected chi connectivity index (χ1v) is 9.00. The molecule has 2 rings (SSSR count). The number of nitrogens with zero attached hydrogens (tertiary/aromatic N) is 2. The lowest BCUT2D eigenvalue weighted by Gasteiger charge is -2.33. The average molecular weight is 330 g/mol. The van der Waals surface area contributed by atoms with Crippen molar-refractivity contribution in [2.24, 2.45) is 5.92 Å². The SMILES string of the molecule is CCN(CC)C(=O)[C@@H]1CCCN(C/C=C/c2ccccc2OC)C1. The van der Waals surface area contributed by atoms with E-state index in [1.807, 2.05) is 23.1 Å². The molecule has 132 valence electrons. The highest BCUT2D eigenvalue weighted by Gasteiger charge is 2.27. The van der Waals surface area contributed by atoms with Crippen LogP contribution in [-0.2, 0) is 4.79 Å². The number of amides is 1. The van der Waals surface area contributed by atoms with Gasteiger partial charge in [-0.1, -0.05) is 30.4 Å². The van der Waals surface area contributed by atoms with Crippen LogP contribution in [0.15, 0.2) is 30.3 Å². The summed E-state index contributed by atoms with van der Waals surface area (Å²) in [4.78, 5) is 16.9. The third-order valence-electron chi connectivity index (χ3n) is 4.73. The number of methoxy groups -OCH3 is 1. The van der Waals surface area contributed by atoms with Crippen LogP contribution < -0.4 is 4.74 Å². The van der Waals surface area contributed by atoms with Crippen molar-refractivity contribution in [2.75, 3.05) is 39.8 Å². The van der Waals surface area contributed by atoms with Crippen LogP contribution in [-0.4, -0.2) is 55.5 Å². The van der Waals surface area contributed by atoms with Crippen molar-refractivity contribution in [3.63, 3.8) is 0 Å². The monoisotopic (exact) mass is 330 g/mol. The van der Waals surface area contributed by atoms with Crippen LogP contribution in [0.4, 0.5) is 0 Å². The zero-order valence-electron chi connectivity index (χ0n) is 15.2. The van der Waals surface area contributed by atoms with E-state index in [-0.39, 0.29) is 5.92 Å². The molecule has 1 amide bonds.